The molecular formula is C39H50ClN7O2. The Morgan fingerprint density at radius 1 is 0.878 bits per heavy atom. The van der Waals surface area contributed by atoms with Gasteiger partial charge in [0.25, 0.3) is 5.56 Å². The predicted molar refractivity (Wildman–Crippen MR) is 199 cm³/mol. The number of benzene rings is 2. The minimum atomic E-state index is -0.0884. The van der Waals surface area contributed by atoms with Crippen LogP contribution in [-0.2, 0) is 17.7 Å². The Balaban J connectivity index is 1.15. The van der Waals surface area contributed by atoms with E-state index in [1.807, 2.05) is 22.9 Å². The topological polar surface area (TPSA) is 78.8 Å². The molecule has 5 heterocycles. The lowest BCUT2D eigenvalue weighted by molar-refractivity contribution is 0.0364. The summed E-state index contributed by atoms with van der Waals surface area (Å²) in [5, 5.41) is 4.81. The Morgan fingerprint density at radius 2 is 1.63 bits per heavy atom. The zero-order valence-corrected chi connectivity index (χ0v) is 29.8. The highest BCUT2D eigenvalue weighted by atomic mass is 35.5. The highest BCUT2D eigenvalue weighted by Crippen LogP contribution is 2.34. The van der Waals surface area contributed by atoms with Gasteiger partial charge < -0.3 is 19.9 Å². The fraction of sp³-hybridized carbons (Fsp3) is 0.513. The number of pyridine rings is 1. The van der Waals surface area contributed by atoms with Crippen LogP contribution >= 0.6 is 11.6 Å². The lowest BCUT2D eigenvalue weighted by Crippen LogP contribution is -2.39. The molecule has 1 N–H and O–H groups in total. The van der Waals surface area contributed by atoms with Crippen LogP contribution in [0, 0.1) is 5.92 Å². The molecule has 2 aromatic heterocycles. The average molecular weight is 684 g/mol. The Labute approximate surface area is 295 Å². The van der Waals surface area contributed by atoms with Crippen LogP contribution in [0.15, 0.2) is 59.5 Å². The summed E-state index contributed by atoms with van der Waals surface area (Å²) in [6.45, 7) is 12.3. The summed E-state index contributed by atoms with van der Waals surface area (Å²) in [4.78, 5) is 31.2. The van der Waals surface area contributed by atoms with E-state index in [2.05, 4.69) is 75.4 Å². The summed E-state index contributed by atoms with van der Waals surface area (Å²) < 4.78 is 7.37. The van der Waals surface area contributed by atoms with Gasteiger partial charge in [-0.2, -0.15) is 4.98 Å². The normalized spacial score (nSPS) is 19.1. The fourth-order valence-corrected chi connectivity index (χ4v) is 8.02. The van der Waals surface area contributed by atoms with Crippen molar-refractivity contribution >= 4 is 34.3 Å². The monoisotopic (exact) mass is 683 g/mol. The molecule has 9 nitrogen and oxygen atoms in total. The van der Waals surface area contributed by atoms with Crippen LogP contribution in [0.3, 0.4) is 0 Å². The first-order valence-electron chi connectivity index (χ1n) is 18.2. The predicted octanol–water partition coefficient (Wildman–Crippen LogP) is 6.27. The first-order valence-corrected chi connectivity index (χ1v) is 18.6. The molecule has 0 bridgehead atoms. The Kier molecular flexibility index (Phi) is 10.9. The third-order valence-corrected chi connectivity index (χ3v) is 11.2. The van der Waals surface area contributed by atoms with Gasteiger partial charge >= 0.3 is 0 Å². The minimum Gasteiger partial charge on any atom is -0.379 e. The summed E-state index contributed by atoms with van der Waals surface area (Å²) >= 11 is 6.98. The quantitative estimate of drug-likeness (QED) is 0.210. The molecule has 0 spiro atoms. The Hall–Kier alpha value is -3.34. The first kappa shape index (κ1) is 34.1. The number of nitrogens with one attached hydrogen (secondary N) is 1. The zero-order chi connectivity index (χ0) is 33.7. The maximum atomic E-state index is 14.3. The molecule has 260 valence electrons. The smallest absolute Gasteiger partial charge is 0.260 e. The van der Waals surface area contributed by atoms with Gasteiger partial charge in [0.05, 0.1) is 13.2 Å². The number of aromatic nitrogens is 3. The van der Waals surface area contributed by atoms with Crippen molar-refractivity contribution in [3.63, 3.8) is 0 Å². The van der Waals surface area contributed by atoms with Crippen molar-refractivity contribution in [3.05, 3.63) is 81.2 Å². The molecule has 49 heavy (non-hydrogen) atoms. The van der Waals surface area contributed by atoms with Gasteiger partial charge in [-0.05, 0) is 119 Å². The second-order valence-electron chi connectivity index (χ2n) is 14.2. The van der Waals surface area contributed by atoms with Crippen molar-refractivity contribution in [2.24, 2.45) is 5.92 Å². The van der Waals surface area contributed by atoms with Gasteiger partial charge in [-0.3, -0.25) is 14.3 Å². The van der Waals surface area contributed by atoms with Gasteiger partial charge in [0, 0.05) is 59.6 Å². The summed E-state index contributed by atoms with van der Waals surface area (Å²) in [6, 6.07) is 16.8. The second kappa shape index (κ2) is 15.7. The van der Waals surface area contributed by atoms with Gasteiger partial charge in [-0.1, -0.05) is 42.8 Å². The van der Waals surface area contributed by atoms with Gasteiger partial charge in [0.15, 0.2) is 0 Å². The molecule has 0 unspecified atom stereocenters. The molecule has 3 saturated heterocycles. The zero-order valence-electron chi connectivity index (χ0n) is 29.0. The van der Waals surface area contributed by atoms with E-state index < -0.39 is 0 Å². The van der Waals surface area contributed by atoms with Crippen LogP contribution in [-0.4, -0.2) is 102 Å². The van der Waals surface area contributed by atoms with Crippen molar-refractivity contribution in [3.8, 4) is 11.1 Å². The van der Waals surface area contributed by atoms with E-state index in [4.69, 9.17) is 21.3 Å². The molecule has 0 aliphatic carbocycles. The Morgan fingerprint density at radius 3 is 2.35 bits per heavy atom. The van der Waals surface area contributed by atoms with Crippen molar-refractivity contribution in [2.75, 3.05) is 77.9 Å². The highest BCUT2D eigenvalue weighted by Gasteiger charge is 2.22. The summed E-state index contributed by atoms with van der Waals surface area (Å²) in [7, 11) is 2.21. The molecule has 3 fully saturated rings. The molecule has 3 aliphatic rings. The van der Waals surface area contributed by atoms with Gasteiger partial charge in [0.2, 0.25) is 5.95 Å². The van der Waals surface area contributed by atoms with E-state index in [0.717, 1.165) is 81.1 Å². The maximum Gasteiger partial charge on any atom is 0.260 e. The molecule has 0 radical (unpaired) electrons. The van der Waals surface area contributed by atoms with Crippen LogP contribution < -0.4 is 10.9 Å². The molecule has 7 rings (SSSR count). The number of piperidine rings is 2. The largest absolute Gasteiger partial charge is 0.379 e. The van der Waals surface area contributed by atoms with Crippen LogP contribution in [0.25, 0.3) is 22.2 Å². The summed E-state index contributed by atoms with van der Waals surface area (Å²) in [5.41, 5.74) is 5.41. The van der Waals surface area contributed by atoms with Gasteiger partial charge in [-0.15, -0.1) is 0 Å². The van der Waals surface area contributed by atoms with E-state index in [1.165, 1.54) is 37.1 Å². The van der Waals surface area contributed by atoms with Gasteiger partial charge in [-0.25, -0.2) is 4.98 Å². The Bertz CT molecular complexity index is 1770. The summed E-state index contributed by atoms with van der Waals surface area (Å²) in [6.07, 6.45) is 7.70. The number of nitrogens with zero attached hydrogens (tertiary/aromatic N) is 6. The number of ether oxygens (including phenoxy) is 1. The van der Waals surface area contributed by atoms with Crippen LogP contribution in [0.1, 0.15) is 49.7 Å². The van der Waals surface area contributed by atoms with Crippen LogP contribution in [0.5, 0.6) is 0 Å². The molecule has 2 aromatic carbocycles. The minimum absolute atomic E-state index is 0.0884. The molecule has 0 amide bonds. The van der Waals surface area contributed by atoms with E-state index in [0.29, 0.717) is 47.9 Å². The molecule has 3 aliphatic heterocycles. The van der Waals surface area contributed by atoms with Crippen molar-refractivity contribution < 1.29 is 4.74 Å². The van der Waals surface area contributed by atoms with Crippen molar-refractivity contribution in [2.45, 2.75) is 51.5 Å². The SMILES string of the molecule is CCN1CCC(c2ccc(-c3cc4cnc(Nc5ccc(CC6CCN(C)CC6)cc5)nc4n(CCN4CCOCC4)c3=O)c(Cl)c2)CC1. The van der Waals surface area contributed by atoms with E-state index >= 15 is 0 Å². The van der Waals surface area contributed by atoms with E-state index in [1.54, 1.807) is 0 Å². The van der Waals surface area contributed by atoms with Crippen molar-refractivity contribution in [1.29, 1.82) is 0 Å². The van der Waals surface area contributed by atoms with Crippen molar-refractivity contribution in [1.82, 2.24) is 29.2 Å². The third kappa shape index (κ3) is 8.18. The average Bonchev–Trinajstić information content (AvgIpc) is 3.13. The van der Waals surface area contributed by atoms with E-state index in [9.17, 15) is 4.79 Å². The number of fused-ring (bicyclic) bond motifs is 1. The molecule has 10 heteroatoms. The maximum absolute atomic E-state index is 14.3. The first-order chi connectivity index (χ1) is 23.9. The summed E-state index contributed by atoms with van der Waals surface area (Å²) in [5.74, 6) is 1.71. The number of likely N-dealkylation sites (tertiary alicyclic amines) is 2. The van der Waals surface area contributed by atoms with E-state index in [-0.39, 0.29) is 5.56 Å². The molecule has 4 aromatic rings. The van der Waals surface area contributed by atoms with Gasteiger partial charge in [0.1, 0.15) is 5.65 Å². The number of morpholine rings is 1. The second-order valence-corrected chi connectivity index (χ2v) is 14.6. The number of hydrogen-bond donors (Lipinski definition) is 1. The highest BCUT2D eigenvalue weighted by molar-refractivity contribution is 6.33. The fourth-order valence-electron chi connectivity index (χ4n) is 7.72. The van der Waals surface area contributed by atoms with Crippen LogP contribution in [0.2, 0.25) is 5.02 Å². The molecular weight excluding hydrogens is 634 g/mol. The molecule has 0 atom stereocenters. The number of rotatable bonds is 10. The lowest BCUT2D eigenvalue weighted by Gasteiger charge is -2.31. The number of hydrogen-bond acceptors (Lipinski definition) is 8. The lowest BCUT2D eigenvalue weighted by atomic mass is 9.88. The number of anilines is 2. The molecule has 0 saturated carbocycles. The standard InChI is InChI=1S/C39H50ClN7O2/c1-3-45-16-12-30(13-17-45)31-6-9-34(36(40)26-31)35-25-32-27-41-39(43-37(32)47(38(35)48)19-18-46-20-22-49-23-21-46)42-33-7-4-28(5-8-33)24-29-10-14-44(2)15-11-29/h4-9,25-27,29-30H,3,10-24H2,1-2H3,(H,41,42,43). The number of halogens is 1. The third-order valence-electron chi connectivity index (χ3n) is 10.9. The van der Waals surface area contributed by atoms with Crippen LogP contribution in [0.4, 0.5) is 11.6 Å².